The minimum Gasteiger partial charge on any atom is -0.465 e. The van der Waals surface area contributed by atoms with Gasteiger partial charge in [-0.1, -0.05) is 11.6 Å². The fraction of sp³-hybridized carbons (Fsp3) is 0.417. The summed E-state index contributed by atoms with van der Waals surface area (Å²) in [5, 5.41) is 10.2. The maximum atomic E-state index is 11.1. The van der Waals surface area contributed by atoms with E-state index in [1.165, 1.54) is 4.90 Å². The van der Waals surface area contributed by atoms with Crippen molar-refractivity contribution in [3.05, 3.63) is 16.5 Å². The molecule has 2 aromatic rings. The number of anilines is 1. The van der Waals surface area contributed by atoms with Gasteiger partial charge in [-0.15, -0.1) is 0 Å². The molecule has 3 heterocycles. The molecule has 1 saturated heterocycles. The van der Waals surface area contributed by atoms with Gasteiger partial charge in [-0.25, -0.2) is 9.78 Å². The number of fused-ring (bicyclic) bond motifs is 1. The molecule has 0 saturated carbocycles. The van der Waals surface area contributed by atoms with Gasteiger partial charge in [0.05, 0.1) is 16.5 Å². The van der Waals surface area contributed by atoms with Gasteiger partial charge in [0.1, 0.15) is 11.5 Å². The van der Waals surface area contributed by atoms with E-state index in [1.807, 2.05) is 4.57 Å². The lowest BCUT2D eigenvalue weighted by atomic mass is 10.1. The van der Waals surface area contributed by atoms with E-state index >= 15 is 0 Å². The van der Waals surface area contributed by atoms with Gasteiger partial charge in [0, 0.05) is 19.3 Å². The quantitative estimate of drug-likeness (QED) is 0.784. The summed E-state index contributed by atoms with van der Waals surface area (Å²) < 4.78 is 1.84. The second-order valence-corrected chi connectivity index (χ2v) is 5.73. The molecule has 1 fully saturated rings. The molecule has 0 aromatic carbocycles. The Labute approximate surface area is 130 Å². The largest absolute Gasteiger partial charge is 0.465 e. The molecule has 1 unspecified atom stereocenters. The van der Waals surface area contributed by atoms with Crippen LogP contribution < -0.4 is 5.73 Å². The maximum absolute atomic E-state index is 11.1. The van der Waals surface area contributed by atoms with Crippen LogP contribution in [0.3, 0.4) is 0 Å². The first-order valence-corrected chi connectivity index (χ1v) is 7.20. The van der Waals surface area contributed by atoms with Crippen molar-refractivity contribution in [1.29, 1.82) is 0 Å². The predicted octanol–water partition coefficient (Wildman–Crippen LogP) is 2.64. The molecule has 9 heteroatoms. The summed E-state index contributed by atoms with van der Waals surface area (Å²) in [7, 11) is 0. The van der Waals surface area contributed by atoms with Crippen molar-refractivity contribution in [3.63, 3.8) is 0 Å². The van der Waals surface area contributed by atoms with E-state index in [0.29, 0.717) is 29.1 Å². The first-order valence-electron chi connectivity index (χ1n) is 6.44. The number of carbonyl (C=O) groups is 1. The monoisotopic (exact) mass is 329 g/mol. The Morgan fingerprint density at radius 2 is 2.19 bits per heavy atom. The van der Waals surface area contributed by atoms with Gasteiger partial charge in [0.25, 0.3) is 0 Å². The number of carboxylic acid groups (broad SMARTS) is 1. The zero-order valence-electron chi connectivity index (χ0n) is 11.0. The standard InChI is InChI=1S/C12H13Cl2N5O2/c13-7-5-19(6-2-1-3-18(4-6)12(20)21)10-8(7)9(15)16-11(14)17-10/h5-6H,1-4H2,(H,20,21)(H2,15,16,17). The fourth-order valence-electron chi connectivity index (χ4n) is 2.74. The van der Waals surface area contributed by atoms with Crippen LogP contribution in [-0.2, 0) is 0 Å². The lowest BCUT2D eigenvalue weighted by molar-refractivity contribution is 0.122. The topological polar surface area (TPSA) is 97.3 Å². The van der Waals surface area contributed by atoms with E-state index in [4.69, 9.17) is 34.0 Å². The Bertz CT molecular complexity index is 717. The Morgan fingerprint density at radius 3 is 2.90 bits per heavy atom. The van der Waals surface area contributed by atoms with Crippen LogP contribution in [0.2, 0.25) is 10.3 Å². The Morgan fingerprint density at radius 1 is 1.43 bits per heavy atom. The molecular formula is C12H13Cl2N5O2. The number of aromatic nitrogens is 3. The van der Waals surface area contributed by atoms with E-state index in [0.717, 1.165) is 12.8 Å². The summed E-state index contributed by atoms with van der Waals surface area (Å²) in [4.78, 5) is 20.6. The van der Waals surface area contributed by atoms with Gasteiger partial charge in [0.15, 0.2) is 0 Å². The molecule has 1 aliphatic heterocycles. The number of halogens is 2. The van der Waals surface area contributed by atoms with Crippen LogP contribution in [0.5, 0.6) is 0 Å². The number of piperidine rings is 1. The molecular weight excluding hydrogens is 317 g/mol. The average molecular weight is 330 g/mol. The Hall–Kier alpha value is -1.73. The lowest BCUT2D eigenvalue weighted by Crippen LogP contribution is -2.39. The number of amides is 1. The summed E-state index contributed by atoms with van der Waals surface area (Å²) in [6.07, 6.45) is 2.41. The first-order chi connectivity index (χ1) is 9.97. The highest BCUT2D eigenvalue weighted by Gasteiger charge is 2.27. The smallest absolute Gasteiger partial charge is 0.407 e. The SMILES string of the molecule is Nc1nc(Cl)nc2c1c(Cl)cn2C1CCCN(C(=O)O)C1. The summed E-state index contributed by atoms with van der Waals surface area (Å²) in [5.41, 5.74) is 6.38. The maximum Gasteiger partial charge on any atom is 0.407 e. The van der Waals surface area contributed by atoms with E-state index in [-0.39, 0.29) is 17.1 Å². The third-order valence-corrected chi connectivity index (χ3v) is 4.14. The third kappa shape index (κ3) is 2.47. The molecule has 0 aliphatic carbocycles. The third-order valence-electron chi connectivity index (χ3n) is 3.69. The van der Waals surface area contributed by atoms with Crippen LogP contribution in [0.15, 0.2) is 6.20 Å². The number of rotatable bonds is 1. The molecule has 0 bridgehead atoms. The van der Waals surface area contributed by atoms with E-state index < -0.39 is 6.09 Å². The summed E-state index contributed by atoms with van der Waals surface area (Å²) >= 11 is 12.1. The average Bonchev–Trinajstić information content (AvgIpc) is 2.76. The number of hydrogen-bond donors (Lipinski definition) is 2. The first kappa shape index (κ1) is 14.2. The van der Waals surface area contributed by atoms with Gasteiger partial charge in [0.2, 0.25) is 5.28 Å². The number of likely N-dealkylation sites (tertiary alicyclic amines) is 1. The molecule has 1 amide bonds. The molecule has 0 spiro atoms. The van der Waals surface area contributed by atoms with Gasteiger partial charge < -0.3 is 20.3 Å². The Balaban J connectivity index is 2.06. The van der Waals surface area contributed by atoms with Crippen molar-refractivity contribution in [3.8, 4) is 0 Å². The van der Waals surface area contributed by atoms with Crippen LogP contribution in [-0.4, -0.2) is 43.7 Å². The van der Waals surface area contributed by atoms with E-state index in [9.17, 15) is 4.79 Å². The van der Waals surface area contributed by atoms with E-state index in [1.54, 1.807) is 6.20 Å². The van der Waals surface area contributed by atoms with Crippen molar-refractivity contribution in [1.82, 2.24) is 19.4 Å². The van der Waals surface area contributed by atoms with Crippen LogP contribution in [0.25, 0.3) is 11.0 Å². The molecule has 112 valence electrons. The lowest BCUT2D eigenvalue weighted by Gasteiger charge is -2.31. The number of hydrogen-bond acceptors (Lipinski definition) is 4. The highest BCUT2D eigenvalue weighted by molar-refractivity contribution is 6.36. The van der Waals surface area contributed by atoms with Gasteiger partial charge in [-0.05, 0) is 24.4 Å². The van der Waals surface area contributed by atoms with Crippen LogP contribution in [0.1, 0.15) is 18.9 Å². The molecule has 21 heavy (non-hydrogen) atoms. The number of nitrogens with two attached hydrogens (primary N) is 1. The fourth-order valence-corrected chi connectivity index (χ4v) is 3.19. The van der Waals surface area contributed by atoms with Gasteiger partial charge in [-0.3, -0.25) is 0 Å². The molecule has 3 N–H and O–H groups in total. The molecule has 1 aliphatic rings. The van der Waals surface area contributed by atoms with E-state index in [2.05, 4.69) is 9.97 Å². The Kier molecular flexibility index (Phi) is 3.54. The zero-order valence-corrected chi connectivity index (χ0v) is 12.5. The van der Waals surface area contributed by atoms with Crippen molar-refractivity contribution < 1.29 is 9.90 Å². The second kappa shape index (κ2) is 5.23. The predicted molar refractivity (Wildman–Crippen MR) is 79.8 cm³/mol. The number of nitrogen functional groups attached to an aromatic ring is 1. The van der Waals surface area contributed by atoms with Gasteiger partial charge in [-0.2, -0.15) is 4.98 Å². The van der Waals surface area contributed by atoms with Crippen molar-refractivity contribution in [2.45, 2.75) is 18.9 Å². The van der Waals surface area contributed by atoms with Gasteiger partial charge >= 0.3 is 6.09 Å². The molecule has 3 rings (SSSR count). The van der Waals surface area contributed by atoms with Crippen LogP contribution in [0.4, 0.5) is 10.6 Å². The summed E-state index contributed by atoms with van der Waals surface area (Å²) in [6, 6.07) is -0.0461. The zero-order chi connectivity index (χ0) is 15.1. The minimum atomic E-state index is -0.922. The van der Waals surface area contributed by atoms with Crippen LogP contribution in [0, 0.1) is 0 Å². The molecule has 1 atom stereocenters. The van der Waals surface area contributed by atoms with Crippen molar-refractivity contribution in [2.75, 3.05) is 18.8 Å². The highest BCUT2D eigenvalue weighted by atomic mass is 35.5. The molecule has 2 aromatic heterocycles. The number of nitrogens with zero attached hydrogens (tertiary/aromatic N) is 4. The minimum absolute atomic E-state index is 0.0434. The van der Waals surface area contributed by atoms with Crippen LogP contribution >= 0.6 is 23.2 Å². The normalized spacial score (nSPS) is 19.1. The summed E-state index contributed by atoms with van der Waals surface area (Å²) in [6.45, 7) is 0.924. The van der Waals surface area contributed by atoms with Crippen molar-refractivity contribution in [2.24, 2.45) is 0 Å². The molecule has 0 radical (unpaired) electrons. The van der Waals surface area contributed by atoms with Crippen molar-refractivity contribution >= 4 is 46.1 Å². The highest BCUT2D eigenvalue weighted by Crippen LogP contribution is 2.34. The summed E-state index contributed by atoms with van der Waals surface area (Å²) in [5.74, 6) is 0.222. The second-order valence-electron chi connectivity index (χ2n) is 4.99. The molecule has 7 nitrogen and oxygen atoms in total.